The molecule has 0 aliphatic carbocycles. The Hall–Kier alpha value is -0.380. The summed E-state index contributed by atoms with van der Waals surface area (Å²) in [5.41, 5.74) is 0. The highest BCUT2D eigenvalue weighted by Gasteiger charge is 2.19. The van der Waals surface area contributed by atoms with Gasteiger partial charge in [-0.25, -0.2) is 0 Å². The minimum absolute atomic E-state index is 0.530. The zero-order chi connectivity index (χ0) is 10.1. The van der Waals surface area contributed by atoms with E-state index in [4.69, 9.17) is 9.47 Å². The lowest BCUT2D eigenvalue weighted by molar-refractivity contribution is 0.277. The van der Waals surface area contributed by atoms with Crippen molar-refractivity contribution in [1.29, 1.82) is 0 Å². The fraction of sp³-hybridized carbons (Fsp3) is 0.800. The molecule has 2 unspecified atom stereocenters. The molecule has 2 aliphatic rings. The Morgan fingerprint density at radius 2 is 1.77 bits per heavy atom. The summed E-state index contributed by atoms with van der Waals surface area (Å²) in [6, 6.07) is 0. The standard InChI is InChI=1S/C5H8O.C3H6O.C2H6O/c1-2-3-5-4-6-5;1-3-2-4-3;1-3-2/h2,5H,1,3-4H2;3H,2H2,1H3;1-2H3. The topological polar surface area (TPSA) is 34.3 Å². The predicted molar refractivity (Wildman–Crippen MR) is 52.9 cm³/mol. The van der Waals surface area contributed by atoms with E-state index in [1.165, 1.54) is 0 Å². The number of hydrogen-bond acceptors (Lipinski definition) is 3. The molecule has 0 saturated carbocycles. The van der Waals surface area contributed by atoms with Gasteiger partial charge in [0.15, 0.2) is 0 Å². The molecule has 2 aliphatic heterocycles. The summed E-state index contributed by atoms with van der Waals surface area (Å²) in [6.07, 6.45) is 4.03. The molecule has 3 heteroatoms. The van der Waals surface area contributed by atoms with Crippen LogP contribution in [-0.2, 0) is 14.2 Å². The fourth-order valence-electron chi connectivity index (χ4n) is 0.486. The Bertz CT molecular complexity index is 117. The van der Waals surface area contributed by atoms with Gasteiger partial charge in [0.25, 0.3) is 0 Å². The Morgan fingerprint density at radius 1 is 1.38 bits per heavy atom. The maximum absolute atomic E-state index is 4.88. The highest BCUT2D eigenvalue weighted by molar-refractivity contribution is 4.79. The van der Waals surface area contributed by atoms with Gasteiger partial charge in [0.1, 0.15) is 0 Å². The normalized spacial score (nSPS) is 27.3. The summed E-state index contributed by atoms with van der Waals surface area (Å²) in [5, 5.41) is 0. The molecule has 0 spiro atoms. The van der Waals surface area contributed by atoms with Crippen molar-refractivity contribution in [3.8, 4) is 0 Å². The zero-order valence-corrected chi connectivity index (χ0v) is 8.79. The maximum atomic E-state index is 4.88. The van der Waals surface area contributed by atoms with E-state index in [0.29, 0.717) is 12.2 Å². The SMILES string of the molecule is C=CCC1CO1.CC1CO1.COC. The van der Waals surface area contributed by atoms with Crippen molar-refractivity contribution < 1.29 is 14.2 Å². The minimum atomic E-state index is 0.530. The van der Waals surface area contributed by atoms with Gasteiger partial charge in [-0.2, -0.15) is 0 Å². The van der Waals surface area contributed by atoms with Crippen LogP contribution in [0, 0.1) is 0 Å². The summed E-state index contributed by atoms with van der Waals surface area (Å²) >= 11 is 0. The van der Waals surface area contributed by atoms with Gasteiger partial charge in [-0.05, 0) is 13.3 Å². The molecule has 2 heterocycles. The van der Waals surface area contributed by atoms with Crippen molar-refractivity contribution in [1.82, 2.24) is 0 Å². The van der Waals surface area contributed by atoms with Crippen molar-refractivity contribution in [3.63, 3.8) is 0 Å². The summed E-state index contributed by atoms with van der Waals surface area (Å²) in [4.78, 5) is 0. The Morgan fingerprint density at radius 3 is 1.85 bits per heavy atom. The van der Waals surface area contributed by atoms with E-state index in [1.807, 2.05) is 6.08 Å². The number of rotatable bonds is 2. The number of ether oxygens (including phenoxy) is 3. The molecule has 0 aromatic carbocycles. The van der Waals surface area contributed by atoms with Crippen LogP contribution < -0.4 is 0 Å². The maximum Gasteiger partial charge on any atom is 0.0844 e. The lowest BCUT2D eigenvalue weighted by Crippen LogP contribution is -1.75. The van der Waals surface area contributed by atoms with Crippen LogP contribution in [0.25, 0.3) is 0 Å². The Labute approximate surface area is 80.7 Å². The first kappa shape index (κ1) is 12.6. The van der Waals surface area contributed by atoms with Gasteiger partial charge in [-0.1, -0.05) is 6.08 Å². The molecular formula is C10H20O3. The second-order valence-electron chi connectivity index (χ2n) is 3.03. The number of methoxy groups -OCH3 is 1. The zero-order valence-electron chi connectivity index (χ0n) is 8.79. The Kier molecular flexibility index (Phi) is 7.99. The van der Waals surface area contributed by atoms with Gasteiger partial charge in [-0.15, -0.1) is 6.58 Å². The second kappa shape index (κ2) is 8.23. The second-order valence-corrected chi connectivity index (χ2v) is 3.03. The van der Waals surface area contributed by atoms with Crippen molar-refractivity contribution in [2.75, 3.05) is 27.4 Å². The highest BCUT2D eigenvalue weighted by atomic mass is 16.6. The van der Waals surface area contributed by atoms with E-state index in [1.54, 1.807) is 14.2 Å². The van der Waals surface area contributed by atoms with Crippen LogP contribution >= 0.6 is 0 Å². The lowest BCUT2D eigenvalue weighted by atomic mass is 10.3. The third-order valence-corrected chi connectivity index (χ3v) is 1.33. The molecule has 0 radical (unpaired) electrons. The van der Waals surface area contributed by atoms with Gasteiger partial charge in [0.2, 0.25) is 0 Å². The third-order valence-electron chi connectivity index (χ3n) is 1.33. The molecule has 3 nitrogen and oxygen atoms in total. The average Bonchev–Trinajstić information content (AvgIpc) is 2.91. The van der Waals surface area contributed by atoms with E-state index in [-0.39, 0.29) is 0 Å². The molecule has 2 rings (SSSR count). The monoisotopic (exact) mass is 188 g/mol. The summed E-state index contributed by atoms with van der Waals surface area (Å²) < 4.78 is 13.8. The minimum Gasteiger partial charge on any atom is -0.388 e. The van der Waals surface area contributed by atoms with Crippen molar-refractivity contribution in [2.45, 2.75) is 25.6 Å². The molecule has 0 aromatic rings. The van der Waals surface area contributed by atoms with Crippen molar-refractivity contribution in [2.24, 2.45) is 0 Å². The summed E-state index contributed by atoms with van der Waals surface area (Å²) in [5.74, 6) is 0. The van der Waals surface area contributed by atoms with Crippen LogP contribution in [0.5, 0.6) is 0 Å². The molecule has 13 heavy (non-hydrogen) atoms. The van der Waals surface area contributed by atoms with E-state index in [2.05, 4.69) is 18.2 Å². The first-order chi connectivity index (χ1) is 6.24. The van der Waals surface area contributed by atoms with Crippen LogP contribution in [0.3, 0.4) is 0 Å². The van der Waals surface area contributed by atoms with Crippen LogP contribution in [0.15, 0.2) is 12.7 Å². The van der Waals surface area contributed by atoms with Crippen LogP contribution in [0.2, 0.25) is 0 Å². The van der Waals surface area contributed by atoms with Gasteiger partial charge in [-0.3, -0.25) is 0 Å². The first-order valence-electron chi connectivity index (χ1n) is 4.48. The molecule has 0 aromatic heterocycles. The van der Waals surface area contributed by atoms with Gasteiger partial charge in [0, 0.05) is 14.2 Å². The molecule has 0 amide bonds. The van der Waals surface area contributed by atoms with E-state index < -0.39 is 0 Å². The average molecular weight is 188 g/mol. The van der Waals surface area contributed by atoms with Gasteiger partial charge < -0.3 is 14.2 Å². The van der Waals surface area contributed by atoms with Crippen LogP contribution in [-0.4, -0.2) is 39.6 Å². The largest absolute Gasteiger partial charge is 0.388 e. The molecular weight excluding hydrogens is 168 g/mol. The number of hydrogen-bond donors (Lipinski definition) is 0. The molecule has 2 atom stereocenters. The molecule has 2 fully saturated rings. The Balaban J connectivity index is 0.000000180. The molecule has 0 N–H and O–H groups in total. The van der Waals surface area contributed by atoms with Crippen LogP contribution in [0.4, 0.5) is 0 Å². The van der Waals surface area contributed by atoms with E-state index in [9.17, 15) is 0 Å². The number of epoxide rings is 2. The third kappa shape index (κ3) is 14.5. The predicted octanol–water partition coefficient (Wildman–Crippen LogP) is 1.63. The van der Waals surface area contributed by atoms with Crippen LogP contribution in [0.1, 0.15) is 13.3 Å². The van der Waals surface area contributed by atoms with E-state index >= 15 is 0 Å². The first-order valence-corrected chi connectivity index (χ1v) is 4.48. The van der Waals surface area contributed by atoms with Crippen molar-refractivity contribution in [3.05, 3.63) is 12.7 Å². The molecule has 0 bridgehead atoms. The van der Waals surface area contributed by atoms with Gasteiger partial charge in [0.05, 0.1) is 25.4 Å². The summed E-state index contributed by atoms with van der Waals surface area (Å²) in [7, 11) is 3.25. The van der Waals surface area contributed by atoms with Gasteiger partial charge >= 0.3 is 0 Å². The summed E-state index contributed by atoms with van der Waals surface area (Å²) in [6.45, 7) is 7.55. The van der Waals surface area contributed by atoms with Crippen molar-refractivity contribution >= 4 is 0 Å². The fourth-order valence-corrected chi connectivity index (χ4v) is 0.486. The quantitative estimate of drug-likeness (QED) is 0.488. The van der Waals surface area contributed by atoms with E-state index in [0.717, 1.165) is 19.6 Å². The molecule has 2 saturated heterocycles. The smallest absolute Gasteiger partial charge is 0.0844 e. The lowest BCUT2D eigenvalue weighted by Gasteiger charge is -1.73. The molecule has 78 valence electrons. The highest BCUT2D eigenvalue weighted by Crippen LogP contribution is 2.12.